The van der Waals surface area contributed by atoms with E-state index in [1.54, 1.807) is 12.4 Å². The highest BCUT2D eigenvalue weighted by molar-refractivity contribution is 6.02. The molecule has 0 aliphatic heterocycles. The number of aromatic amines is 2. The summed E-state index contributed by atoms with van der Waals surface area (Å²) in [7, 11) is 1.53. The Morgan fingerprint density at radius 2 is 1.82 bits per heavy atom. The molecule has 40 heavy (non-hydrogen) atoms. The monoisotopic (exact) mass is 533 g/mol. The number of aromatic nitrogens is 4. The Balaban J connectivity index is 1.38. The fraction of sp³-hybridized carbons (Fsp3) is 0.156. The highest BCUT2D eigenvalue weighted by atomic mass is 19.1. The standard InChI is InChI=1S/C32H28FN5O2/c1-18(2)9-31(39)35-23-11-21(16-34-17-23)19-7-8-29-27(13-19)32(38-37-29)30-15-26-25(5-4-6-28(26)36-30)20-10-22(33)14-24(12-20)40-3/h4-8,10-18,36H,9H2,1-3H3,(H,35,39)(H,37,38). The molecule has 0 spiro atoms. The third-order valence-corrected chi connectivity index (χ3v) is 6.85. The van der Waals surface area contributed by atoms with E-state index in [0.29, 0.717) is 17.9 Å². The van der Waals surface area contributed by atoms with Gasteiger partial charge < -0.3 is 15.0 Å². The quantitative estimate of drug-likeness (QED) is 0.197. The topological polar surface area (TPSA) is 95.7 Å². The number of H-pyrrole nitrogens is 2. The minimum atomic E-state index is -0.356. The number of pyridine rings is 1. The SMILES string of the molecule is COc1cc(F)cc(-c2cccc3[nH]c(-c4n[nH]c5ccc(-c6cncc(NC(=O)CC(C)C)c6)cc45)cc23)c1. The zero-order valence-electron chi connectivity index (χ0n) is 22.4. The zero-order chi connectivity index (χ0) is 27.8. The van der Waals surface area contributed by atoms with Crippen LogP contribution in [0.5, 0.6) is 5.75 Å². The molecular weight excluding hydrogens is 505 g/mol. The number of nitrogens with one attached hydrogen (secondary N) is 3. The van der Waals surface area contributed by atoms with Crippen molar-refractivity contribution in [3.63, 3.8) is 0 Å². The molecule has 6 rings (SSSR count). The van der Waals surface area contributed by atoms with Gasteiger partial charge in [0.1, 0.15) is 17.3 Å². The van der Waals surface area contributed by atoms with Crippen molar-refractivity contribution in [2.24, 2.45) is 5.92 Å². The van der Waals surface area contributed by atoms with Gasteiger partial charge in [0, 0.05) is 40.5 Å². The molecule has 0 aliphatic carbocycles. The number of carbonyl (C=O) groups is 1. The number of carbonyl (C=O) groups excluding carboxylic acids is 1. The van der Waals surface area contributed by atoms with Gasteiger partial charge in [0.05, 0.1) is 30.2 Å². The second kappa shape index (κ2) is 10.3. The smallest absolute Gasteiger partial charge is 0.224 e. The Labute approximate surface area is 230 Å². The molecule has 0 saturated carbocycles. The van der Waals surface area contributed by atoms with E-state index in [-0.39, 0.29) is 17.6 Å². The summed E-state index contributed by atoms with van der Waals surface area (Å²) in [5, 5.41) is 12.6. The first kappa shape index (κ1) is 25.3. The molecule has 3 aromatic heterocycles. The number of hydrogen-bond donors (Lipinski definition) is 3. The summed E-state index contributed by atoms with van der Waals surface area (Å²) in [5.41, 5.74) is 7.52. The normalized spacial score (nSPS) is 11.4. The van der Waals surface area contributed by atoms with Crippen molar-refractivity contribution in [3.8, 4) is 39.4 Å². The number of methoxy groups -OCH3 is 1. The van der Waals surface area contributed by atoms with Crippen LogP contribution in [0.4, 0.5) is 10.1 Å². The summed E-state index contributed by atoms with van der Waals surface area (Å²) < 4.78 is 19.6. The Morgan fingerprint density at radius 1 is 0.950 bits per heavy atom. The minimum absolute atomic E-state index is 0.0311. The molecule has 0 radical (unpaired) electrons. The lowest BCUT2D eigenvalue weighted by Gasteiger charge is -2.09. The van der Waals surface area contributed by atoms with Crippen molar-refractivity contribution < 1.29 is 13.9 Å². The van der Waals surface area contributed by atoms with E-state index < -0.39 is 0 Å². The molecular formula is C32H28FN5O2. The van der Waals surface area contributed by atoms with Gasteiger partial charge in [0.25, 0.3) is 0 Å². The van der Waals surface area contributed by atoms with Crippen LogP contribution in [0.25, 0.3) is 55.4 Å². The van der Waals surface area contributed by atoms with Gasteiger partial charge in [-0.15, -0.1) is 0 Å². The predicted octanol–water partition coefficient (Wildman–Crippen LogP) is 7.57. The van der Waals surface area contributed by atoms with Crippen molar-refractivity contribution in [2.75, 3.05) is 12.4 Å². The summed E-state index contributed by atoms with van der Waals surface area (Å²) in [6, 6.07) is 20.6. The third kappa shape index (κ3) is 4.91. The molecule has 0 bridgehead atoms. The number of rotatable bonds is 7. The summed E-state index contributed by atoms with van der Waals surface area (Å²) in [4.78, 5) is 20.1. The zero-order valence-corrected chi connectivity index (χ0v) is 22.4. The van der Waals surface area contributed by atoms with Crippen LogP contribution in [0.2, 0.25) is 0 Å². The van der Waals surface area contributed by atoms with Crippen molar-refractivity contribution in [1.29, 1.82) is 0 Å². The Morgan fingerprint density at radius 3 is 2.65 bits per heavy atom. The van der Waals surface area contributed by atoms with Gasteiger partial charge in [0.2, 0.25) is 5.91 Å². The van der Waals surface area contributed by atoms with Gasteiger partial charge in [0.15, 0.2) is 0 Å². The van der Waals surface area contributed by atoms with E-state index >= 15 is 0 Å². The molecule has 3 N–H and O–H groups in total. The molecule has 0 saturated heterocycles. The maximum absolute atomic E-state index is 14.3. The summed E-state index contributed by atoms with van der Waals surface area (Å²) >= 11 is 0. The van der Waals surface area contributed by atoms with Gasteiger partial charge in [-0.05, 0) is 65.1 Å². The maximum atomic E-state index is 14.3. The van der Waals surface area contributed by atoms with E-state index in [9.17, 15) is 9.18 Å². The Kier molecular flexibility index (Phi) is 6.51. The van der Waals surface area contributed by atoms with Crippen LogP contribution in [-0.4, -0.2) is 33.2 Å². The second-order valence-corrected chi connectivity index (χ2v) is 10.3. The molecule has 3 aromatic carbocycles. The van der Waals surface area contributed by atoms with Crippen LogP contribution in [0.3, 0.4) is 0 Å². The lowest BCUT2D eigenvalue weighted by atomic mass is 10.0. The number of amides is 1. The fourth-order valence-corrected chi connectivity index (χ4v) is 5.02. The fourth-order valence-electron chi connectivity index (χ4n) is 5.02. The molecule has 0 fully saturated rings. The van der Waals surface area contributed by atoms with Gasteiger partial charge in [-0.3, -0.25) is 14.9 Å². The van der Waals surface area contributed by atoms with Crippen LogP contribution in [0.1, 0.15) is 20.3 Å². The van der Waals surface area contributed by atoms with Gasteiger partial charge in [-0.2, -0.15) is 5.10 Å². The number of anilines is 1. The number of fused-ring (bicyclic) bond motifs is 2. The molecule has 7 nitrogen and oxygen atoms in total. The third-order valence-electron chi connectivity index (χ3n) is 6.85. The molecule has 0 atom stereocenters. The van der Waals surface area contributed by atoms with Gasteiger partial charge in [-0.1, -0.05) is 32.0 Å². The van der Waals surface area contributed by atoms with Crippen LogP contribution >= 0.6 is 0 Å². The lowest BCUT2D eigenvalue weighted by molar-refractivity contribution is -0.116. The van der Waals surface area contributed by atoms with Crippen LogP contribution < -0.4 is 10.1 Å². The maximum Gasteiger partial charge on any atom is 0.224 e. The lowest BCUT2D eigenvalue weighted by Crippen LogP contribution is -2.13. The summed E-state index contributed by atoms with van der Waals surface area (Å²) in [6.07, 6.45) is 3.88. The Hall–Kier alpha value is -4.98. The average molecular weight is 534 g/mol. The average Bonchev–Trinajstić information content (AvgIpc) is 3.56. The van der Waals surface area contributed by atoms with E-state index in [1.165, 1.54) is 19.2 Å². The number of ether oxygens (including phenoxy) is 1. The summed E-state index contributed by atoms with van der Waals surface area (Å²) in [5.74, 6) is 0.351. The number of nitrogens with zero attached hydrogens (tertiary/aromatic N) is 2. The van der Waals surface area contributed by atoms with Crippen LogP contribution in [0, 0.1) is 11.7 Å². The second-order valence-electron chi connectivity index (χ2n) is 10.3. The number of halogens is 1. The van der Waals surface area contributed by atoms with E-state index in [4.69, 9.17) is 4.74 Å². The minimum Gasteiger partial charge on any atom is -0.497 e. The molecule has 0 aliphatic rings. The van der Waals surface area contributed by atoms with Gasteiger partial charge >= 0.3 is 0 Å². The molecule has 0 unspecified atom stereocenters. The highest BCUT2D eigenvalue weighted by Crippen LogP contribution is 2.36. The van der Waals surface area contributed by atoms with Crippen molar-refractivity contribution in [2.45, 2.75) is 20.3 Å². The van der Waals surface area contributed by atoms with E-state index in [2.05, 4.69) is 31.5 Å². The van der Waals surface area contributed by atoms with Crippen molar-refractivity contribution in [1.82, 2.24) is 20.2 Å². The molecule has 3 heterocycles. The molecule has 1 amide bonds. The van der Waals surface area contributed by atoms with Gasteiger partial charge in [-0.25, -0.2) is 4.39 Å². The molecule has 6 aromatic rings. The largest absolute Gasteiger partial charge is 0.497 e. The van der Waals surface area contributed by atoms with Crippen LogP contribution in [0.15, 0.2) is 79.1 Å². The van der Waals surface area contributed by atoms with E-state index in [0.717, 1.165) is 55.4 Å². The molecule has 200 valence electrons. The number of hydrogen-bond acceptors (Lipinski definition) is 4. The van der Waals surface area contributed by atoms with Crippen molar-refractivity contribution >= 4 is 33.4 Å². The highest BCUT2D eigenvalue weighted by Gasteiger charge is 2.15. The molecule has 8 heteroatoms. The Bertz CT molecular complexity index is 1870. The van der Waals surface area contributed by atoms with Crippen molar-refractivity contribution in [3.05, 3.63) is 84.9 Å². The van der Waals surface area contributed by atoms with E-state index in [1.807, 2.05) is 62.4 Å². The predicted molar refractivity (Wildman–Crippen MR) is 157 cm³/mol. The number of benzene rings is 3. The summed E-state index contributed by atoms with van der Waals surface area (Å²) in [6.45, 7) is 4.02. The first-order valence-electron chi connectivity index (χ1n) is 13.1. The first-order chi connectivity index (χ1) is 19.4. The first-order valence-corrected chi connectivity index (χ1v) is 13.1. The van der Waals surface area contributed by atoms with Crippen LogP contribution in [-0.2, 0) is 4.79 Å².